The van der Waals surface area contributed by atoms with Crippen LogP contribution in [0.3, 0.4) is 0 Å². The van der Waals surface area contributed by atoms with Crippen molar-refractivity contribution in [1.82, 2.24) is 9.97 Å². The fourth-order valence-electron chi connectivity index (χ4n) is 1.35. The Morgan fingerprint density at radius 1 is 1.20 bits per heavy atom. The summed E-state index contributed by atoms with van der Waals surface area (Å²) in [6.45, 7) is 0. The van der Waals surface area contributed by atoms with E-state index in [1.807, 2.05) is 0 Å². The Bertz CT molecular complexity index is 624. The predicted octanol–water partition coefficient (Wildman–Crippen LogP) is 4.53. The van der Waals surface area contributed by atoms with Crippen molar-refractivity contribution in [3.8, 4) is 5.75 Å². The van der Waals surface area contributed by atoms with Crippen LogP contribution in [0.2, 0.25) is 5.15 Å². The van der Waals surface area contributed by atoms with Crippen LogP contribution in [0.15, 0.2) is 35.1 Å². The molecule has 4 nitrogen and oxygen atoms in total. The molecular formula is C11H6BrClF3N3O. The van der Waals surface area contributed by atoms with Gasteiger partial charge in [-0.15, -0.1) is 13.2 Å². The molecule has 0 fully saturated rings. The van der Waals surface area contributed by atoms with E-state index in [-0.39, 0.29) is 22.4 Å². The number of hydrogen-bond acceptors (Lipinski definition) is 4. The molecule has 1 aromatic carbocycles. The Morgan fingerprint density at radius 2 is 1.90 bits per heavy atom. The Morgan fingerprint density at radius 3 is 2.60 bits per heavy atom. The van der Waals surface area contributed by atoms with Crippen LogP contribution in [0, 0.1) is 0 Å². The lowest BCUT2D eigenvalue weighted by molar-refractivity contribution is -0.274. The Hall–Kier alpha value is -1.54. The van der Waals surface area contributed by atoms with Gasteiger partial charge in [-0.2, -0.15) is 0 Å². The van der Waals surface area contributed by atoms with Crippen molar-refractivity contribution >= 4 is 39.0 Å². The molecule has 0 aliphatic rings. The summed E-state index contributed by atoms with van der Waals surface area (Å²) in [5.41, 5.74) is 0.0975. The smallest absolute Gasteiger partial charge is 0.404 e. The zero-order valence-corrected chi connectivity index (χ0v) is 11.9. The zero-order valence-electron chi connectivity index (χ0n) is 9.58. The van der Waals surface area contributed by atoms with Crippen molar-refractivity contribution in [1.29, 1.82) is 0 Å². The summed E-state index contributed by atoms with van der Waals surface area (Å²) in [5.74, 6) is -0.148. The number of nitrogens with zero attached hydrogens (tertiary/aromatic N) is 2. The summed E-state index contributed by atoms with van der Waals surface area (Å²) in [6.07, 6.45) is -3.60. The van der Waals surface area contributed by atoms with E-state index in [9.17, 15) is 13.2 Å². The highest BCUT2D eigenvalue weighted by atomic mass is 79.9. The molecule has 106 valence electrons. The summed E-state index contributed by atoms with van der Waals surface area (Å²) in [7, 11) is 0. The molecule has 0 aliphatic carbocycles. The Balaban J connectivity index is 2.32. The van der Waals surface area contributed by atoms with Crippen LogP contribution in [0.4, 0.5) is 24.7 Å². The molecule has 1 aromatic heterocycles. The number of aromatic nitrogens is 2. The molecule has 2 aromatic rings. The Kier molecular flexibility index (Phi) is 4.34. The van der Waals surface area contributed by atoms with Crippen LogP contribution in [0.5, 0.6) is 5.75 Å². The van der Waals surface area contributed by atoms with E-state index in [1.165, 1.54) is 24.5 Å². The average molecular weight is 369 g/mol. The third-order valence-corrected chi connectivity index (χ3v) is 3.38. The Labute approximate surface area is 125 Å². The lowest BCUT2D eigenvalue weighted by Crippen LogP contribution is -2.18. The van der Waals surface area contributed by atoms with Crippen molar-refractivity contribution in [2.45, 2.75) is 6.36 Å². The van der Waals surface area contributed by atoms with Crippen molar-refractivity contribution in [2.75, 3.05) is 5.32 Å². The summed E-state index contributed by atoms with van der Waals surface area (Å²) in [4.78, 5) is 7.60. The van der Waals surface area contributed by atoms with Gasteiger partial charge in [0.25, 0.3) is 0 Å². The predicted molar refractivity (Wildman–Crippen MR) is 71.1 cm³/mol. The highest BCUT2D eigenvalue weighted by Gasteiger charge is 2.32. The molecule has 0 saturated carbocycles. The monoisotopic (exact) mass is 367 g/mol. The molecular weight excluding hydrogens is 362 g/mol. The number of alkyl halides is 3. The lowest BCUT2D eigenvalue weighted by Gasteiger charge is -2.14. The molecule has 0 spiro atoms. The first kappa shape index (κ1) is 14.9. The number of nitrogens with one attached hydrogen (secondary N) is 1. The highest BCUT2D eigenvalue weighted by Crippen LogP contribution is 2.34. The van der Waals surface area contributed by atoms with E-state index < -0.39 is 6.36 Å². The normalized spacial score (nSPS) is 11.2. The van der Waals surface area contributed by atoms with E-state index in [0.717, 1.165) is 0 Å². The van der Waals surface area contributed by atoms with E-state index in [4.69, 9.17) is 11.6 Å². The summed E-state index contributed by atoms with van der Waals surface area (Å²) in [5, 5.41) is 2.83. The van der Waals surface area contributed by atoms with Gasteiger partial charge in [0.15, 0.2) is 5.75 Å². The molecule has 0 saturated heterocycles. The van der Waals surface area contributed by atoms with Gasteiger partial charge in [0.2, 0.25) is 0 Å². The van der Waals surface area contributed by atoms with E-state index in [2.05, 4.69) is 36.0 Å². The van der Waals surface area contributed by atoms with Crippen LogP contribution >= 0.6 is 27.5 Å². The average Bonchev–Trinajstić information content (AvgIpc) is 2.35. The first-order valence-corrected chi connectivity index (χ1v) is 6.32. The molecule has 20 heavy (non-hydrogen) atoms. The summed E-state index contributed by atoms with van der Waals surface area (Å²) < 4.78 is 41.2. The standard InChI is InChI=1S/C11H6BrClF3N3O/c12-8-9(13)17-5-18-10(8)19-6-3-1-2-4-7(6)20-11(14,15)16/h1-5H,(H,17,18,19). The second-order valence-electron chi connectivity index (χ2n) is 3.50. The molecule has 2 rings (SSSR count). The fourth-order valence-corrected chi connectivity index (χ4v) is 1.78. The minimum atomic E-state index is -4.78. The summed E-state index contributed by atoms with van der Waals surface area (Å²) in [6, 6.07) is 5.59. The minimum Gasteiger partial charge on any atom is -0.404 e. The first-order chi connectivity index (χ1) is 9.37. The quantitative estimate of drug-likeness (QED) is 0.808. The molecule has 0 unspecified atom stereocenters. The van der Waals surface area contributed by atoms with Crippen molar-refractivity contribution in [3.63, 3.8) is 0 Å². The zero-order chi connectivity index (χ0) is 14.8. The maximum Gasteiger partial charge on any atom is 0.573 e. The fraction of sp³-hybridized carbons (Fsp3) is 0.0909. The second kappa shape index (κ2) is 5.84. The third-order valence-electron chi connectivity index (χ3n) is 2.11. The van der Waals surface area contributed by atoms with Crippen LogP contribution < -0.4 is 10.1 Å². The number of anilines is 2. The van der Waals surface area contributed by atoms with Gasteiger partial charge in [0.1, 0.15) is 17.3 Å². The van der Waals surface area contributed by atoms with Crippen LogP contribution in [-0.4, -0.2) is 16.3 Å². The van der Waals surface area contributed by atoms with Crippen molar-refractivity contribution in [3.05, 3.63) is 40.2 Å². The molecule has 0 radical (unpaired) electrons. The lowest BCUT2D eigenvalue weighted by atomic mass is 10.3. The molecule has 0 amide bonds. The topological polar surface area (TPSA) is 47.0 Å². The van der Waals surface area contributed by atoms with E-state index in [1.54, 1.807) is 6.07 Å². The van der Waals surface area contributed by atoms with Gasteiger partial charge in [0, 0.05) is 0 Å². The first-order valence-electron chi connectivity index (χ1n) is 5.14. The van der Waals surface area contributed by atoms with Crippen LogP contribution in [0.1, 0.15) is 0 Å². The van der Waals surface area contributed by atoms with E-state index in [0.29, 0.717) is 4.47 Å². The maximum absolute atomic E-state index is 12.3. The van der Waals surface area contributed by atoms with Crippen LogP contribution in [0.25, 0.3) is 0 Å². The highest BCUT2D eigenvalue weighted by molar-refractivity contribution is 9.10. The minimum absolute atomic E-state index is 0.0975. The van der Waals surface area contributed by atoms with Gasteiger partial charge in [0.05, 0.1) is 10.2 Å². The number of rotatable bonds is 3. The molecule has 0 aliphatic heterocycles. The molecule has 9 heteroatoms. The third kappa shape index (κ3) is 3.73. The van der Waals surface area contributed by atoms with Crippen molar-refractivity contribution in [2.24, 2.45) is 0 Å². The molecule has 0 atom stereocenters. The summed E-state index contributed by atoms with van der Waals surface area (Å²) >= 11 is 8.92. The largest absolute Gasteiger partial charge is 0.573 e. The van der Waals surface area contributed by atoms with Crippen molar-refractivity contribution < 1.29 is 17.9 Å². The van der Waals surface area contributed by atoms with Gasteiger partial charge < -0.3 is 10.1 Å². The number of ether oxygens (including phenoxy) is 1. The second-order valence-corrected chi connectivity index (χ2v) is 4.65. The van der Waals surface area contributed by atoms with E-state index >= 15 is 0 Å². The molecule has 1 N–H and O–H groups in total. The van der Waals surface area contributed by atoms with Gasteiger partial charge in [-0.3, -0.25) is 0 Å². The molecule has 0 bridgehead atoms. The number of benzene rings is 1. The molecule has 1 heterocycles. The van der Waals surface area contributed by atoms with Gasteiger partial charge >= 0.3 is 6.36 Å². The van der Waals surface area contributed by atoms with Gasteiger partial charge in [-0.25, -0.2) is 9.97 Å². The number of halogens is 5. The SMILES string of the molecule is FC(F)(F)Oc1ccccc1Nc1ncnc(Cl)c1Br. The van der Waals surface area contributed by atoms with Gasteiger partial charge in [-0.1, -0.05) is 23.7 Å². The number of hydrogen-bond donors (Lipinski definition) is 1. The van der Waals surface area contributed by atoms with Gasteiger partial charge in [-0.05, 0) is 28.1 Å². The number of para-hydroxylation sites is 2. The maximum atomic E-state index is 12.3. The van der Waals surface area contributed by atoms with Crippen LogP contribution in [-0.2, 0) is 0 Å².